The molecule has 42 heteroatoms. The molecule has 0 saturated carbocycles. The maximum atomic E-state index is 12.8. The molecule has 12 heterocycles. The molecule has 3 fully saturated rings. The van der Waals surface area contributed by atoms with Crippen molar-refractivity contribution in [3.63, 3.8) is 0 Å². The van der Waals surface area contributed by atoms with E-state index in [0.717, 1.165) is 0 Å². The van der Waals surface area contributed by atoms with Crippen molar-refractivity contribution in [3.8, 4) is 34.2 Å². The molecule has 30 nitrogen and oxygen atoms in total. The van der Waals surface area contributed by atoms with Crippen molar-refractivity contribution >= 4 is 121 Å². The SMILES string of the molecule is CC(C)OC(=O)N1CCN(c2ccnc(-c3c[nH]c4ncc(Cl)cc34)n2)[C@@H](C(=O)NCC(F)(F)F)C1.CCCOC(=O)N1CCN(c2ccnc(-c3c[nH]c4ncc(Cl)cc34)n2)[C@@H](C(=O)NCC(F)(F)F)C1.CCOC(=O)N1CCN(c2ccnc(-c3c[nH]c4ncc(Cl)cc34)n2)[C@@H](C(=O)NCC(F)(F)F)C1.[HH].[HH].[HH].[HH].[HH].[HH]. The van der Waals surface area contributed by atoms with Gasteiger partial charge in [0.25, 0.3) is 0 Å². The lowest BCUT2D eigenvalue weighted by atomic mass is 10.1. The summed E-state index contributed by atoms with van der Waals surface area (Å²) < 4.78 is 130. The van der Waals surface area contributed by atoms with Crippen molar-refractivity contribution in [3.05, 3.63) is 107 Å². The Balaban J connectivity index is 0.000000348. The molecule has 0 aromatic carbocycles. The van der Waals surface area contributed by atoms with Gasteiger partial charge < -0.3 is 74.5 Å². The Hall–Kier alpha value is -10.8. The number of aromatic nitrogens is 12. The van der Waals surface area contributed by atoms with Gasteiger partial charge in [0.1, 0.15) is 72.2 Å². The highest BCUT2D eigenvalue weighted by Crippen LogP contribution is 2.34. The number of halogens is 12. The summed E-state index contributed by atoms with van der Waals surface area (Å²) in [5, 5.41) is 9.03. The smallest absolute Gasteiger partial charge is 0.410 e. The number of hydrogen-bond donors (Lipinski definition) is 6. The van der Waals surface area contributed by atoms with Crippen molar-refractivity contribution in [2.75, 3.05) is 106 Å². The summed E-state index contributed by atoms with van der Waals surface area (Å²) in [4.78, 5) is 132. The number of anilines is 3. The molecule has 3 atom stereocenters. The number of carbonyl (C=O) groups excluding carboxylic acids is 6. The van der Waals surface area contributed by atoms with Crippen LogP contribution in [0.3, 0.4) is 0 Å². The minimum atomic E-state index is -4.59. The standard InChI is InChI=1S/2C22H23ClF3N7O3.C21H21ClF3N7O3.6H2/c1-12(2)36-21(35)32-5-6-33(16(10-32)20(34)30-11-22(24,25)26)17-3-4-27-19(31-17)15-9-29-18-14(15)7-13(23)8-28-18;1-2-7-36-21(35)32-5-6-33(16(11-32)20(34)30-12-22(24,25)26)17-3-4-27-19(31-17)15-10-29-18-14(15)8-13(23)9-28-18;1-2-35-20(34)31-5-6-32(15(10-31)19(33)29-11-21(23,24)25)16-3-4-26-18(30-16)14-9-28-17-13(14)7-12(22)8-27-17;;;;;;/h3-4,7-9,12,16H,5-6,10-11H2,1-2H3,(H,28,29)(H,30,34);3-4,8-10,16H,2,5-7,11-12H2,1H3,(H,28,29)(H,30,34);3-4,7-9,15H,2,5-6,10-11H2,1H3,(H,27,28)(H,29,33);6*1H/t2*16-;15-;;;;;;/m111....../s1. The van der Waals surface area contributed by atoms with Crippen LogP contribution in [0.15, 0.2) is 92.2 Å². The van der Waals surface area contributed by atoms with Crippen LogP contribution in [0.2, 0.25) is 15.1 Å². The van der Waals surface area contributed by atoms with Gasteiger partial charge >= 0.3 is 36.8 Å². The average Bonchev–Trinajstić information content (AvgIpc) is 1.63. The van der Waals surface area contributed by atoms with Crippen LogP contribution in [0.1, 0.15) is 42.7 Å². The average molecular weight is 1580 g/mol. The quantitative estimate of drug-likeness (QED) is 0.0386. The van der Waals surface area contributed by atoms with Gasteiger partial charge in [-0.15, -0.1) is 0 Å². The summed E-state index contributed by atoms with van der Waals surface area (Å²) in [6.45, 7) is 3.13. The lowest BCUT2D eigenvalue weighted by Gasteiger charge is -2.40. The molecule has 0 bridgehead atoms. The first-order valence-electron chi connectivity index (χ1n) is 32.8. The molecular formula is C65H79Cl3F9N21O9. The van der Waals surface area contributed by atoms with Crippen LogP contribution in [0, 0.1) is 0 Å². The molecule has 0 unspecified atom stereocenters. The van der Waals surface area contributed by atoms with Crippen molar-refractivity contribution < 1.29 is 91.1 Å². The van der Waals surface area contributed by atoms with Crippen molar-refractivity contribution in [1.29, 1.82) is 0 Å². The molecule has 9 aromatic heterocycles. The summed E-state index contributed by atoms with van der Waals surface area (Å²) in [5.74, 6) is -0.803. The van der Waals surface area contributed by atoms with Gasteiger partial charge in [0, 0.05) is 136 Å². The van der Waals surface area contributed by atoms with E-state index in [0.29, 0.717) is 106 Å². The third kappa shape index (κ3) is 20.4. The number of H-pyrrole nitrogens is 3. The van der Waals surface area contributed by atoms with E-state index in [1.165, 1.54) is 51.9 Å². The predicted molar refractivity (Wildman–Crippen MR) is 385 cm³/mol. The highest BCUT2D eigenvalue weighted by atomic mass is 35.5. The lowest BCUT2D eigenvalue weighted by Crippen LogP contribution is -2.61. The molecule has 0 radical (unpaired) electrons. The number of nitrogens with one attached hydrogen (secondary N) is 6. The number of ether oxygens (including phenoxy) is 3. The minimum Gasteiger partial charge on any atom is -0.450 e. The third-order valence-electron chi connectivity index (χ3n) is 16.3. The maximum absolute atomic E-state index is 12.8. The Morgan fingerprint density at radius 2 is 0.813 bits per heavy atom. The number of piperazine rings is 3. The normalized spacial score (nSPS) is 16.4. The Bertz CT molecular complexity index is 4700. The number of amides is 6. The Labute approximate surface area is 625 Å². The molecule has 0 spiro atoms. The van der Waals surface area contributed by atoms with E-state index in [1.807, 2.05) is 22.9 Å². The number of alkyl halides is 9. The molecule has 0 aliphatic carbocycles. The van der Waals surface area contributed by atoms with Crippen LogP contribution >= 0.6 is 34.8 Å². The van der Waals surface area contributed by atoms with Gasteiger partial charge in [0.2, 0.25) is 17.7 Å². The second-order valence-corrected chi connectivity index (χ2v) is 25.5. The first kappa shape index (κ1) is 78.8. The zero-order valence-electron chi connectivity index (χ0n) is 57.0. The van der Waals surface area contributed by atoms with Crippen LogP contribution in [-0.2, 0) is 28.6 Å². The van der Waals surface area contributed by atoms with Gasteiger partial charge in [-0.1, -0.05) is 41.7 Å². The van der Waals surface area contributed by atoms with E-state index in [4.69, 9.17) is 49.0 Å². The minimum absolute atomic E-state index is 0. The Kier molecular flexibility index (Phi) is 25.1. The second-order valence-electron chi connectivity index (χ2n) is 24.2. The number of rotatable bonds is 16. The fourth-order valence-electron chi connectivity index (χ4n) is 11.4. The fourth-order valence-corrected chi connectivity index (χ4v) is 11.9. The van der Waals surface area contributed by atoms with Gasteiger partial charge in [0.05, 0.1) is 54.0 Å². The van der Waals surface area contributed by atoms with Crippen molar-refractivity contribution in [2.45, 2.75) is 76.9 Å². The first-order valence-corrected chi connectivity index (χ1v) is 34.0. The summed E-state index contributed by atoms with van der Waals surface area (Å²) in [5.41, 5.74) is 3.56. The van der Waals surface area contributed by atoms with E-state index < -0.39 is 98.4 Å². The monoisotopic (exact) mass is 1570 g/mol. The molecule has 6 amide bonds. The largest absolute Gasteiger partial charge is 0.450 e. The highest BCUT2D eigenvalue weighted by Gasteiger charge is 2.42. The van der Waals surface area contributed by atoms with Gasteiger partial charge in [0.15, 0.2) is 17.5 Å². The third-order valence-corrected chi connectivity index (χ3v) is 16.9. The first-order chi connectivity index (χ1) is 50.8. The van der Waals surface area contributed by atoms with E-state index in [-0.39, 0.29) is 80.7 Å². The molecule has 9 aromatic rings. The predicted octanol–water partition coefficient (Wildman–Crippen LogP) is 11.3. The van der Waals surface area contributed by atoms with Crippen molar-refractivity contribution in [2.24, 2.45) is 0 Å². The summed E-state index contributed by atoms with van der Waals surface area (Å²) in [6, 6.07) is 6.38. The van der Waals surface area contributed by atoms with E-state index >= 15 is 0 Å². The fraction of sp³-hybridized carbons (Fsp3) is 0.400. The number of pyridine rings is 3. The number of carbonyl (C=O) groups is 6. The van der Waals surface area contributed by atoms with Crippen LogP contribution in [0.4, 0.5) is 71.4 Å². The molecule has 3 saturated heterocycles. The molecule has 3 aliphatic heterocycles. The lowest BCUT2D eigenvalue weighted by molar-refractivity contribution is -0.139. The number of nitrogens with zero attached hydrogens (tertiary/aromatic N) is 15. The molecule has 3 aliphatic rings. The molecule has 107 heavy (non-hydrogen) atoms. The van der Waals surface area contributed by atoms with E-state index in [2.05, 4.69) is 59.8 Å². The van der Waals surface area contributed by atoms with Crippen LogP contribution in [0.5, 0.6) is 0 Å². The molecule has 582 valence electrons. The zero-order valence-corrected chi connectivity index (χ0v) is 59.3. The number of fused-ring (bicyclic) bond motifs is 3. The zero-order chi connectivity index (χ0) is 77.1. The summed E-state index contributed by atoms with van der Waals surface area (Å²) in [7, 11) is 0. The van der Waals surface area contributed by atoms with E-state index in [9.17, 15) is 68.3 Å². The van der Waals surface area contributed by atoms with Gasteiger partial charge in [-0.05, 0) is 63.6 Å². The van der Waals surface area contributed by atoms with Crippen molar-refractivity contribution in [1.82, 2.24) is 90.5 Å². The second kappa shape index (κ2) is 34.2. The maximum Gasteiger partial charge on any atom is 0.410 e. The Morgan fingerprint density at radius 1 is 0.495 bits per heavy atom. The topological polar surface area (TPSA) is 349 Å². The van der Waals surface area contributed by atoms with Crippen LogP contribution in [-0.4, -0.2) is 245 Å². The van der Waals surface area contributed by atoms with Gasteiger partial charge in [-0.2, -0.15) is 39.5 Å². The van der Waals surface area contributed by atoms with Gasteiger partial charge in [-0.25, -0.2) is 59.2 Å². The highest BCUT2D eigenvalue weighted by molar-refractivity contribution is 6.32. The Morgan fingerprint density at radius 3 is 1.11 bits per heavy atom. The van der Waals surface area contributed by atoms with E-state index in [1.54, 1.807) is 90.5 Å². The summed E-state index contributed by atoms with van der Waals surface area (Å²) >= 11 is 18.2. The number of hydrogen-bond acceptors (Lipinski definition) is 21. The molecule has 12 rings (SSSR count). The molecular weight excluding hydrogens is 1500 g/mol. The number of aromatic amines is 3. The van der Waals surface area contributed by atoms with Gasteiger partial charge in [-0.3, -0.25) is 14.4 Å². The van der Waals surface area contributed by atoms with Crippen LogP contribution in [0.25, 0.3) is 67.3 Å². The molecule has 6 N–H and O–H groups in total. The summed E-state index contributed by atoms with van der Waals surface area (Å²) in [6.07, 6.45) is -1.51. The van der Waals surface area contributed by atoms with Crippen LogP contribution < -0.4 is 30.7 Å².